The Kier molecular flexibility index (Phi) is 5.22. The molecule has 0 spiro atoms. The first-order valence-corrected chi connectivity index (χ1v) is 9.30. The van der Waals surface area contributed by atoms with E-state index in [-0.39, 0.29) is 23.5 Å². The average molecular weight is 471 g/mol. The molecular weight excluding hydrogens is 461 g/mol. The molecule has 0 unspecified atom stereocenters. The van der Waals surface area contributed by atoms with Crippen molar-refractivity contribution in [1.29, 1.82) is 0 Å². The summed E-state index contributed by atoms with van der Waals surface area (Å²) in [5.74, 6) is -0.726. The number of hydrogen-bond acceptors (Lipinski definition) is 3. The van der Waals surface area contributed by atoms with Crippen molar-refractivity contribution in [1.82, 2.24) is 4.90 Å². The predicted molar refractivity (Wildman–Crippen MR) is 99.8 cm³/mol. The van der Waals surface area contributed by atoms with Crippen molar-refractivity contribution in [3.8, 4) is 0 Å². The Balaban J connectivity index is 1.84. The van der Waals surface area contributed by atoms with Gasteiger partial charge in [-0.3, -0.25) is 14.5 Å². The lowest BCUT2D eigenvalue weighted by Crippen LogP contribution is -2.27. The van der Waals surface area contributed by atoms with Crippen LogP contribution in [0, 0.1) is 5.82 Å². The van der Waals surface area contributed by atoms with Crippen LogP contribution in [0.1, 0.15) is 11.1 Å². The highest BCUT2D eigenvalue weighted by molar-refractivity contribution is 9.10. The van der Waals surface area contributed by atoms with Gasteiger partial charge in [0, 0.05) is 4.47 Å². The van der Waals surface area contributed by atoms with Crippen LogP contribution >= 0.6 is 43.6 Å². The second-order valence-corrected chi connectivity index (χ2v) is 7.73. The van der Waals surface area contributed by atoms with Gasteiger partial charge in [-0.15, -0.1) is 0 Å². The highest BCUT2D eigenvalue weighted by Gasteiger charge is 2.35. The third-order valence-electron chi connectivity index (χ3n) is 3.40. The van der Waals surface area contributed by atoms with Gasteiger partial charge in [-0.1, -0.05) is 40.2 Å². The monoisotopic (exact) mass is 469 g/mol. The maximum absolute atomic E-state index is 13.3. The lowest BCUT2D eigenvalue weighted by atomic mass is 10.2. The summed E-state index contributed by atoms with van der Waals surface area (Å²) in [5, 5.41) is -0.316. The molecule has 2 amide bonds. The van der Waals surface area contributed by atoms with Gasteiger partial charge in [0.2, 0.25) is 0 Å². The molecule has 3 rings (SSSR count). The van der Waals surface area contributed by atoms with Crippen molar-refractivity contribution in [3.05, 3.63) is 73.3 Å². The van der Waals surface area contributed by atoms with Crippen LogP contribution in [0.5, 0.6) is 0 Å². The second kappa shape index (κ2) is 7.21. The smallest absolute Gasteiger partial charge is 0.268 e. The highest BCUT2D eigenvalue weighted by Crippen LogP contribution is 2.34. The summed E-state index contributed by atoms with van der Waals surface area (Å²) in [6.45, 7) is 0.205. The molecule has 0 bridgehead atoms. The Bertz CT molecular complexity index is 869. The molecule has 1 aliphatic heterocycles. The minimum absolute atomic E-state index is 0.205. The van der Waals surface area contributed by atoms with Crippen molar-refractivity contribution in [2.75, 3.05) is 0 Å². The molecule has 0 aromatic heterocycles. The number of halogens is 3. The minimum atomic E-state index is -0.380. The number of amides is 2. The van der Waals surface area contributed by atoms with Gasteiger partial charge >= 0.3 is 0 Å². The van der Waals surface area contributed by atoms with Crippen LogP contribution < -0.4 is 0 Å². The molecule has 0 atom stereocenters. The molecule has 0 saturated carbocycles. The Labute approximate surface area is 159 Å². The lowest BCUT2D eigenvalue weighted by molar-refractivity contribution is -0.123. The normalized spacial score (nSPS) is 16.3. The van der Waals surface area contributed by atoms with E-state index in [1.807, 2.05) is 24.3 Å². The van der Waals surface area contributed by atoms with E-state index in [2.05, 4.69) is 31.9 Å². The predicted octanol–water partition coefficient (Wildman–Crippen LogP) is 5.59. The summed E-state index contributed by atoms with van der Waals surface area (Å²) in [6, 6.07) is 11.9. The van der Waals surface area contributed by atoms with Crippen molar-refractivity contribution in [3.63, 3.8) is 0 Å². The maximum Gasteiger partial charge on any atom is 0.293 e. The van der Waals surface area contributed by atoms with Crippen molar-refractivity contribution in [2.45, 2.75) is 6.54 Å². The molecule has 24 heavy (non-hydrogen) atoms. The van der Waals surface area contributed by atoms with Gasteiger partial charge in [0.1, 0.15) is 5.82 Å². The number of nitrogens with zero attached hydrogens (tertiary/aromatic N) is 1. The fourth-order valence-corrected chi connectivity index (χ4v) is 3.83. The topological polar surface area (TPSA) is 37.4 Å². The van der Waals surface area contributed by atoms with Crippen molar-refractivity contribution in [2.24, 2.45) is 0 Å². The van der Waals surface area contributed by atoms with Crippen LogP contribution in [-0.2, 0) is 11.3 Å². The van der Waals surface area contributed by atoms with E-state index in [1.54, 1.807) is 18.2 Å². The van der Waals surface area contributed by atoms with E-state index in [4.69, 9.17) is 0 Å². The van der Waals surface area contributed by atoms with Crippen LogP contribution in [0.3, 0.4) is 0 Å². The van der Waals surface area contributed by atoms with Gasteiger partial charge in [-0.05, 0) is 63.1 Å². The van der Waals surface area contributed by atoms with E-state index >= 15 is 0 Å². The van der Waals surface area contributed by atoms with E-state index in [9.17, 15) is 14.0 Å². The molecular formula is C17H10Br2FNO2S. The van der Waals surface area contributed by atoms with Gasteiger partial charge in [0.15, 0.2) is 0 Å². The first kappa shape index (κ1) is 17.4. The Morgan fingerprint density at radius 1 is 1.08 bits per heavy atom. The van der Waals surface area contributed by atoms with E-state index < -0.39 is 0 Å². The van der Waals surface area contributed by atoms with Gasteiger partial charge < -0.3 is 0 Å². The maximum atomic E-state index is 13.3. The third kappa shape index (κ3) is 3.63. The fourth-order valence-electron chi connectivity index (χ4n) is 2.19. The summed E-state index contributed by atoms with van der Waals surface area (Å²) >= 11 is 7.41. The number of hydrogen-bond donors (Lipinski definition) is 0. The quantitative estimate of drug-likeness (QED) is 0.549. The second-order valence-electron chi connectivity index (χ2n) is 5.03. The average Bonchev–Trinajstić information content (AvgIpc) is 2.80. The molecule has 7 heteroatoms. The minimum Gasteiger partial charge on any atom is -0.268 e. The molecule has 1 fully saturated rings. The zero-order valence-electron chi connectivity index (χ0n) is 12.1. The van der Waals surface area contributed by atoms with E-state index in [0.717, 1.165) is 21.8 Å². The first-order chi connectivity index (χ1) is 11.5. The Hall–Kier alpha value is -1.44. The molecule has 0 N–H and O–H groups in total. The molecule has 122 valence electrons. The number of benzene rings is 2. The molecule has 3 nitrogen and oxygen atoms in total. The Morgan fingerprint density at radius 3 is 2.54 bits per heavy atom. The van der Waals surface area contributed by atoms with Crippen LogP contribution in [0.2, 0.25) is 0 Å². The van der Waals surface area contributed by atoms with Gasteiger partial charge in [0.25, 0.3) is 11.1 Å². The number of carbonyl (C=O) groups is 2. The number of rotatable bonds is 3. The number of imide groups is 1. The number of thioether (sulfide) groups is 1. The third-order valence-corrected chi connectivity index (χ3v) is 5.69. The molecule has 1 heterocycles. The number of carbonyl (C=O) groups excluding carboxylic acids is 2. The van der Waals surface area contributed by atoms with Crippen molar-refractivity contribution < 1.29 is 14.0 Å². The highest BCUT2D eigenvalue weighted by atomic mass is 79.9. The molecule has 1 aliphatic rings. The van der Waals surface area contributed by atoms with Crippen LogP contribution in [0.4, 0.5) is 9.18 Å². The summed E-state index contributed by atoms with van der Waals surface area (Å²) < 4.78 is 14.4. The molecule has 1 saturated heterocycles. The van der Waals surface area contributed by atoms with E-state index in [0.29, 0.717) is 14.9 Å². The zero-order chi connectivity index (χ0) is 17.3. The summed E-state index contributed by atoms with van der Waals surface area (Å²) in [6.07, 6.45) is 1.59. The molecule has 0 aliphatic carbocycles. The molecule has 2 aromatic rings. The summed E-state index contributed by atoms with van der Waals surface area (Å²) in [7, 11) is 0. The van der Waals surface area contributed by atoms with Crippen molar-refractivity contribution >= 4 is 60.8 Å². The van der Waals surface area contributed by atoms with Crippen LogP contribution in [0.25, 0.3) is 6.08 Å². The summed E-state index contributed by atoms with van der Waals surface area (Å²) in [4.78, 5) is 26.2. The van der Waals surface area contributed by atoms with Crippen LogP contribution in [0.15, 0.2) is 56.3 Å². The Morgan fingerprint density at radius 2 is 1.83 bits per heavy atom. The first-order valence-electron chi connectivity index (χ1n) is 6.89. The van der Waals surface area contributed by atoms with E-state index in [1.165, 1.54) is 11.0 Å². The molecule has 0 radical (unpaired) electrons. The van der Waals surface area contributed by atoms with Crippen LogP contribution in [-0.4, -0.2) is 16.0 Å². The SMILES string of the molecule is O=C1S/C(=C/c2ccc(F)c(Br)c2)C(=O)N1Cc1ccccc1Br. The lowest BCUT2D eigenvalue weighted by Gasteiger charge is -2.13. The summed E-state index contributed by atoms with van der Waals surface area (Å²) in [5.41, 5.74) is 1.50. The van der Waals surface area contributed by atoms with Gasteiger partial charge in [-0.25, -0.2) is 4.39 Å². The standard InChI is InChI=1S/C17H10Br2FNO2S/c18-12-4-2-1-3-11(12)9-21-16(22)15(24-17(21)23)8-10-5-6-14(20)13(19)7-10/h1-8H,9H2/b15-8+. The van der Waals surface area contributed by atoms with Gasteiger partial charge in [0.05, 0.1) is 15.9 Å². The molecule has 2 aromatic carbocycles. The van der Waals surface area contributed by atoms with Gasteiger partial charge in [-0.2, -0.15) is 0 Å². The largest absolute Gasteiger partial charge is 0.293 e. The fraction of sp³-hybridized carbons (Fsp3) is 0.0588. The zero-order valence-corrected chi connectivity index (χ0v) is 16.1.